The number of nitrogens with one attached hydrogen (secondary N) is 2. The second-order valence-electron chi connectivity index (χ2n) is 4.36. The summed E-state index contributed by atoms with van der Waals surface area (Å²) in [4.78, 5) is 22.1. The van der Waals surface area contributed by atoms with E-state index in [1.54, 1.807) is 12.1 Å². The first-order valence-corrected chi connectivity index (χ1v) is 7.75. The molecule has 21 heavy (non-hydrogen) atoms. The number of ether oxygens (including phenoxy) is 1. The van der Waals surface area contributed by atoms with E-state index in [0.717, 1.165) is 4.47 Å². The van der Waals surface area contributed by atoms with Gasteiger partial charge in [-0.25, -0.2) is 0 Å². The van der Waals surface area contributed by atoms with E-state index in [4.69, 9.17) is 16.3 Å². The lowest BCUT2D eigenvalue weighted by Crippen LogP contribution is -2.33. The zero-order valence-corrected chi connectivity index (χ0v) is 14.1. The molecule has 0 heterocycles. The van der Waals surface area contributed by atoms with Gasteiger partial charge in [0.2, 0.25) is 11.8 Å². The number of amides is 2. The van der Waals surface area contributed by atoms with Crippen molar-refractivity contribution in [3.05, 3.63) is 27.7 Å². The number of benzene rings is 1. The molecule has 0 fully saturated rings. The zero-order valence-electron chi connectivity index (χ0n) is 11.7. The molecule has 0 saturated heterocycles. The molecule has 5 nitrogen and oxygen atoms in total. The van der Waals surface area contributed by atoms with Crippen molar-refractivity contribution in [3.63, 3.8) is 0 Å². The molecule has 0 bridgehead atoms. The van der Waals surface area contributed by atoms with Gasteiger partial charge in [0, 0.05) is 30.9 Å². The van der Waals surface area contributed by atoms with Gasteiger partial charge in [0.15, 0.2) is 0 Å². The summed E-state index contributed by atoms with van der Waals surface area (Å²) in [5.74, 6) is 0.431. The Morgan fingerprint density at radius 3 is 2.67 bits per heavy atom. The van der Waals surface area contributed by atoms with Crippen molar-refractivity contribution in [1.29, 1.82) is 0 Å². The highest BCUT2D eigenvalue weighted by atomic mass is 79.9. The highest BCUT2D eigenvalue weighted by Crippen LogP contribution is 2.27. The number of halogens is 2. The van der Waals surface area contributed by atoms with E-state index < -0.39 is 0 Å². The van der Waals surface area contributed by atoms with Crippen LogP contribution in [0.1, 0.15) is 19.8 Å². The minimum atomic E-state index is -0.107. The van der Waals surface area contributed by atoms with Crippen molar-refractivity contribution in [2.24, 2.45) is 0 Å². The largest absolute Gasteiger partial charge is 0.492 e. The van der Waals surface area contributed by atoms with Crippen LogP contribution in [-0.4, -0.2) is 31.5 Å². The maximum Gasteiger partial charge on any atom is 0.220 e. The van der Waals surface area contributed by atoms with Gasteiger partial charge < -0.3 is 15.4 Å². The van der Waals surface area contributed by atoms with E-state index in [1.807, 2.05) is 6.07 Å². The number of hydrogen-bond acceptors (Lipinski definition) is 3. The predicted molar refractivity (Wildman–Crippen MR) is 85.6 cm³/mol. The topological polar surface area (TPSA) is 67.4 Å². The average molecular weight is 378 g/mol. The Hall–Kier alpha value is -1.27. The Morgan fingerprint density at radius 2 is 2.00 bits per heavy atom. The maximum atomic E-state index is 11.5. The average Bonchev–Trinajstić information content (AvgIpc) is 2.41. The van der Waals surface area contributed by atoms with Crippen LogP contribution in [0.15, 0.2) is 22.7 Å². The van der Waals surface area contributed by atoms with Crippen molar-refractivity contribution in [2.45, 2.75) is 19.8 Å². The molecule has 116 valence electrons. The van der Waals surface area contributed by atoms with Crippen LogP contribution in [0, 0.1) is 0 Å². The molecule has 0 aliphatic heterocycles. The van der Waals surface area contributed by atoms with Crippen LogP contribution >= 0.6 is 27.5 Å². The van der Waals surface area contributed by atoms with Gasteiger partial charge in [0.1, 0.15) is 5.75 Å². The predicted octanol–water partition coefficient (Wildman–Crippen LogP) is 2.51. The van der Waals surface area contributed by atoms with Gasteiger partial charge in [-0.2, -0.15) is 0 Å². The summed E-state index contributed by atoms with van der Waals surface area (Å²) in [6.45, 7) is 2.72. The molecule has 0 saturated carbocycles. The first kappa shape index (κ1) is 17.8. The van der Waals surface area contributed by atoms with Gasteiger partial charge >= 0.3 is 0 Å². The maximum absolute atomic E-state index is 11.5. The molecule has 0 spiro atoms. The number of carbonyl (C=O) groups is 2. The van der Waals surface area contributed by atoms with Crippen molar-refractivity contribution in [3.8, 4) is 5.75 Å². The third-order valence-electron chi connectivity index (χ3n) is 2.52. The first-order chi connectivity index (χ1) is 9.99. The Balaban J connectivity index is 2.13. The van der Waals surface area contributed by atoms with Gasteiger partial charge in [-0.05, 0) is 24.6 Å². The Kier molecular flexibility index (Phi) is 8.15. The molecule has 0 aliphatic carbocycles. The lowest BCUT2D eigenvalue weighted by atomic mass is 10.3. The van der Waals surface area contributed by atoms with E-state index in [2.05, 4.69) is 26.6 Å². The number of hydrogen-bond donors (Lipinski definition) is 2. The molecule has 0 aromatic heterocycles. The number of rotatable bonds is 8. The van der Waals surface area contributed by atoms with Gasteiger partial charge in [-0.1, -0.05) is 27.5 Å². The van der Waals surface area contributed by atoms with Crippen LogP contribution in [0.25, 0.3) is 0 Å². The van der Waals surface area contributed by atoms with E-state index in [9.17, 15) is 9.59 Å². The molecule has 0 aliphatic rings. The van der Waals surface area contributed by atoms with Gasteiger partial charge in [-0.3, -0.25) is 9.59 Å². The summed E-state index contributed by atoms with van der Waals surface area (Å²) in [7, 11) is 0. The van der Waals surface area contributed by atoms with Crippen LogP contribution in [0.2, 0.25) is 5.02 Å². The fraction of sp³-hybridized carbons (Fsp3) is 0.429. The third-order valence-corrected chi connectivity index (χ3v) is 3.31. The second kappa shape index (κ2) is 9.63. The van der Waals surface area contributed by atoms with E-state index in [-0.39, 0.29) is 11.8 Å². The van der Waals surface area contributed by atoms with Crippen LogP contribution in [-0.2, 0) is 9.59 Å². The minimum Gasteiger partial charge on any atom is -0.492 e. The first-order valence-electron chi connectivity index (χ1n) is 6.58. The highest BCUT2D eigenvalue weighted by Gasteiger charge is 2.04. The molecule has 1 aromatic carbocycles. The van der Waals surface area contributed by atoms with Crippen molar-refractivity contribution < 1.29 is 14.3 Å². The Bertz CT molecular complexity index is 497. The van der Waals surface area contributed by atoms with Crippen molar-refractivity contribution in [1.82, 2.24) is 10.6 Å². The quantitative estimate of drug-likeness (QED) is 0.684. The lowest BCUT2D eigenvalue weighted by Gasteiger charge is -2.08. The van der Waals surface area contributed by atoms with Gasteiger partial charge in [-0.15, -0.1) is 0 Å². The summed E-state index contributed by atoms with van der Waals surface area (Å²) in [6.07, 6.45) is 0.965. The van der Waals surface area contributed by atoms with Crippen LogP contribution in [0.3, 0.4) is 0 Å². The monoisotopic (exact) mass is 376 g/mol. The molecule has 0 radical (unpaired) electrons. The Morgan fingerprint density at radius 1 is 1.29 bits per heavy atom. The molecule has 1 rings (SSSR count). The molecular weight excluding hydrogens is 360 g/mol. The second-order valence-corrected chi connectivity index (χ2v) is 5.68. The molecule has 2 N–H and O–H groups in total. The van der Waals surface area contributed by atoms with Crippen LogP contribution in [0.5, 0.6) is 5.75 Å². The van der Waals surface area contributed by atoms with E-state index in [1.165, 1.54) is 6.92 Å². The molecule has 0 atom stereocenters. The highest BCUT2D eigenvalue weighted by molar-refractivity contribution is 9.10. The summed E-state index contributed by atoms with van der Waals surface area (Å²) >= 11 is 9.33. The zero-order chi connectivity index (χ0) is 15.7. The van der Waals surface area contributed by atoms with E-state index in [0.29, 0.717) is 43.3 Å². The fourth-order valence-corrected chi connectivity index (χ4v) is 2.26. The fourth-order valence-electron chi connectivity index (χ4n) is 1.54. The summed E-state index contributed by atoms with van der Waals surface area (Å²) < 4.78 is 6.40. The van der Waals surface area contributed by atoms with Gasteiger partial charge in [0.05, 0.1) is 11.6 Å². The molecule has 1 aromatic rings. The normalized spacial score (nSPS) is 10.0. The SMILES string of the molecule is CC(=O)NCCNC(=O)CCCOc1ccc(Br)cc1Cl. The molecule has 2 amide bonds. The van der Waals surface area contributed by atoms with Crippen LogP contribution in [0.4, 0.5) is 0 Å². The van der Waals surface area contributed by atoms with Crippen LogP contribution < -0.4 is 15.4 Å². The van der Waals surface area contributed by atoms with E-state index >= 15 is 0 Å². The van der Waals surface area contributed by atoms with Crippen molar-refractivity contribution >= 4 is 39.3 Å². The summed E-state index contributed by atoms with van der Waals surface area (Å²) in [6, 6.07) is 5.38. The lowest BCUT2D eigenvalue weighted by molar-refractivity contribution is -0.122. The molecular formula is C14H18BrClN2O3. The molecule has 7 heteroatoms. The Labute approximate surface area is 137 Å². The summed E-state index contributed by atoms with van der Waals surface area (Å²) in [5, 5.41) is 5.85. The third kappa shape index (κ3) is 7.92. The molecule has 0 unspecified atom stereocenters. The summed E-state index contributed by atoms with van der Waals surface area (Å²) in [5.41, 5.74) is 0. The minimum absolute atomic E-state index is 0.0640. The van der Waals surface area contributed by atoms with Gasteiger partial charge in [0.25, 0.3) is 0 Å². The number of carbonyl (C=O) groups excluding carboxylic acids is 2. The standard InChI is InChI=1S/C14H18BrClN2O3/c1-10(19)17-6-7-18-14(20)3-2-8-21-13-5-4-11(15)9-12(13)16/h4-5,9H,2-3,6-8H2,1H3,(H,17,19)(H,18,20). The van der Waals surface area contributed by atoms with Crippen molar-refractivity contribution in [2.75, 3.05) is 19.7 Å². The smallest absolute Gasteiger partial charge is 0.220 e.